The van der Waals surface area contributed by atoms with E-state index in [1.54, 1.807) is 13.4 Å². The second-order valence-corrected chi connectivity index (χ2v) is 7.28. The molecular formula is C22H22N4O2. The summed E-state index contributed by atoms with van der Waals surface area (Å²) >= 11 is 0. The van der Waals surface area contributed by atoms with Gasteiger partial charge in [0, 0.05) is 5.92 Å². The van der Waals surface area contributed by atoms with Gasteiger partial charge in [-0.25, -0.2) is 15.0 Å². The van der Waals surface area contributed by atoms with E-state index in [0.717, 1.165) is 47.0 Å². The number of ether oxygens (including phenoxy) is 1. The van der Waals surface area contributed by atoms with Gasteiger partial charge in [0.2, 0.25) is 0 Å². The molecule has 5 rings (SSSR count). The first-order chi connectivity index (χ1) is 13.8. The normalized spacial score (nSPS) is 14.8. The fraction of sp³-hybridized carbons (Fsp3) is 0.318. The molecule has 28 heavy (non-hydrogen) atoms. The summed E-state index contributed by atoms with van der Waals surface area (Å²) in [6, 6.07) is 11.9. The number of nitrogens with zero attached hydrogens (tertiary/aromatic N) is 4. The van der Waals surface area contributed by atoms with E-state index in [4.69, 9.17) is 19.1 Å². The zero-order chi connectivity index (χ0) is 18.9. The van der Waals surface area contributed by atoms with Crippen LogP contribution in [0, 0.1) is 0 Å². The number of hydrogen-bond acceptors (Lipinski definition) is 5. The summed E-state index contributed by atoms with van der Waals surface area (Å²) in [5, 5.41) is 0. The van der Waals surface area contributed by atoms with Gasteiger partial charge in [-0.3, -0.25) is 0 Å². The molecule has 1 aliphatic carbocycles. The van der Waals surface area contributed by atoms with Gasteiger partial charge in [0.25, 0.3) is 0 Å². The summed E-state index contributed by atoms with van der Waals surface area (Å²) in [4.78, 5) is 14.4. The molecule has 3 aromatic heterocycles. The van der Waals surface area contributed by atoms with Crippen LogP contribution in [0.25, 0.3) is 22.6 Å². The molecule has 3 heterocycles. The third-order valence-electron chi connectivity index (χ3n) is 5.47. The summed E-state index contributed by atoms with van der Waals surface area (Å²) in [5.74, 6) is 2.92. The molecule has 142 valence electrons. The van der Waals surface area contributed by atoms with Crippen LogP contribution >= 0.6 is 0 Å². The highest BCUT2D eigenvalue weighted by Gasteiger charge is 2.24. The maximum Gasteiger partial charge on any atom is 0.164 e. The standard InChI is InChI=1S/C22H22N4O2/c1-27-17-10-8-15(9-11-17)13-26-14-23-20-19(18-7-4-12-28-18)24-21(25-22(20)26)16-5-2-3-6-16/h4,7-12,14,16H,2-3,5-6,13H2,1H3. The van der Waals surface area contributed by atoms with Crippen LogP contribution in [0.4, 0.5) is 0 Å². The lowest BCUT2D eigenvalue weighted by molar-refractivity contribution is 0.414. The Hall–Kier alpha value is -3.15. The summed E-state index contributed by atoms with van der Waals surface area (Å²) in [6.45, 7) is 0.694. The van der Waals surface area contributed by atoms with E-state index in [1.807, 2.05) is 30.6 Å². The van der Waals surface area contributed by atoms with Crippen LogP contribution in [-0.2, 0) is 6.54 Å². The largest absolute Gasteiger partial charge is 0.497 e. The Morgan fingerprint density at radius 1 is 1.11 bits per heavy atom. The van der Waals surface area contributed by atoms with Gasteiger partial charge in [-0.15, -0.1) is 0 Å². The predicted molar refractivity (Wildman–Crippen MR) is 106 cm³/mol. The highest BCUT2D eigenvalue weighted by atomic mass is 16.5. The minimum Gasteiger partial charge on any atom is -0.497 e. The highest BCUT2D eigenvalue weighted by Crippen LogP contribution is 2.35. The first-order valence-electron chi connectivity index (χ1n) is 9.71. The molecule has 1 aromatic carbocycles. The lowest BCUT2D eigenvalue weighted by atomic mass is 10.1. The fourth-order valence-corrected chi connectivity index (χ4v) is 3.96. The van der Waals surface area contributed by atoms with Crippen molar-refractivity contribution in [1.29, 1.82) is 0 Å². The molecule has 1 saturated carbocycles. The van der Waals surface area contributed by atoms with Crippen molar-refractivity contribution in [2.75, 3.05) is 7.11 Å². The molecule has 0 atom stereocenters. The second kappa shape index (κ2) is 7.11. The van der Waals surface area contributed by atoms with Crippen molar-refractivity contribution >= 4 is 11.2 Å². The van der Waals surface area contributed by atoms with Gasteiger partial charge in [0.15, 0.2) is 11.4 Å². The monoisotopic (exact) mass is 374 g/mol. The Morgan fingerprint density at radius 3 is 2.64 bits per heavy atom. The van der Waals surface area contributed by atoms with Gasteiger partial charge in [0.1, 0.15) is 22.8 Å². The maximum atomic E-state index is 5.64. The number of imidazole rings is 1. The Kier molecular flexibility index (Phi) is 4.31. The number of hydrogen-bond donors (Lipinski definition) is 0. The van der Waals surface area contributed by atoms with E-state index in [9.17, 15) is 0 Å². The molecule has 0 amide bonds. The van der Waals surface area contributed by atoms with Crippen molar-refractivity contribution in [3.05, 3.63) is 60.4 Å². The van der Waals surface area contributed by atoms with Crippen molar-refractivity contribution in [3.8, 4) is 17.2 Å². The van der Waals surface area contributed by atoms with E-state index in [2.05, 4.69) is 21.7 Å². The van der Waals surface area contributed by atoms with Gasteiger partial charge in [0.05, 0.1) is 26.2 Å². The zero-order valence-corrected chi connectivity index (χ0v) is 15.8. The summed E-state index contributed by atoms with van der Waals surface area (Å²) in [7, 11) is 1.68. The molecular weight excluding hydrogens is 352 g/mol. The van der Waals surface area contributed by atoms with Crippen LogP contribution in [0.15, 0.2) is 53.4 Å². The van der Waals surface area contributed by atoms with Crippen LogP contribution < -0.4 is 4.74 Å². The van der Waals surface area contributed by atoms with Crippen LogP contribution in [0.3, 0.4) is 0 Å². The van der Waals surface area contributed by atoms with E-state index in [0.29, 0.717) is 12.5 Å². The Morgan fingerprint density at radius 2 is 1.93 bits per heavy atom. The lowest BCUT2D eigenvalue weighted by Gasteiger charge is -2.11. The number of rotatable bonds is 5. The fourth-order valence-electron chi connectivity index (χ4n) is 3.96. The molecule has 1 aliphatic rings. The van der Waals surface area contributed by atoms with Gasteiger partial charge >= 0.3 is 0 Å². The number of benzene rings is 1. The Labute approximate surface area is 163 Å². The SMILES string of the molecule is COc1ccc(Cn2cnc3c(-c4ccco4)nc(C4CCCC4)nc32)cc1. The first kappa shape index (κ1) is 17.0. The molecule has 6 nitrogen and oxygen atoms in total. The third-order valence-corrected chi connectivity index (χ3v) is 5.47. The molecule has 4 aromatic rings. The molecule has 0 spiro atoms. The molecule has 0 radical (unpaired) electrons. The average Bonchev–Trinajstić information content (AvgIpc) is 3.50. The number of methoxy groups -OCH3 is 1. The molecule has 0 unspecified atom stereocenters. The topological polar surface area (TPSA) is 66.0 Å². The quantitative estimate of drug-likeness (QED) is 0.502. The molecule has 0 N–H and O–H groups in total. The number of furan rings is 1. The molecule has 0 bridgehead atoms. The summed E-state index contributed by atoms with van der Waals surface area (Å²) in [5.41, 5.74) is 3.59. The van der Waals surface area contributed by atoms with Crippen molar-refractivity contribution < 1.29 is 9.15 Å². The number of aromatic nitrogens is 4. The van der Waals surface area contributed by atoms with Crippen molar-refractivity contribution in [1.82, 2.24) is 19.5 Å². The summed E-state index contributed by atoms with van der Waals surface area (Å²) < 4.78 is 13.0. The van der Waals surface area contributed by atoms with E-state index < -0.39 is 0 Å². The van der Waals surface area contributed by atoms with Crippen molar-refractivity contribution in [3.63, 3.8) is 0 Å². The van der Waals surface area contributed by atoms with Crippen LogP contribution in [0.5, 0.6) is 5.75 Å². The maximum absolute atomic E-state index is 5.64. The van der Waals surface area contributed by atoms with Crippen molar-refractivity contribution in [2.45, 2.75) is 38.1 Å². The smallest absolute Gasteiger partial charge is 0.164 e. The Balaban J connectivity index is 1.60. The van der Waals surface area contributed by atoms with Gasteiger partial charge in [-0.05, 0) is 42.7 Å². The minimum absolute atomic E-state index is 0.419. The molecule has 6 heteroatoms. The molecule has 0 aliphatic heterocycles. The van der Waals surface area contributed by atoms with E-state index >= 15 is 0 Å². The highest BCUT2D eigenvalue weighted by molar-refractivity contribution is 5.85. The van der Waals surface area contributed by atoms with Crippen molar-refractivity contribution in [2.24, 2.45) is 0 Å². The third kappa shape index (κ3) is 3.05. The summed E-state index contributed by atoms with van der Waals surface area (Å²) in [6.07, 6.45) is 8.30. The van der Waals surface area contributed by atoms with Gasteiger partial charge in [-0.1, -0.05) is 25.0 Å². The second-order valence-electron chi connectivity index (χ2n) is 7.28. The predicted octanol–water partition coefficient (Wildman–Crippen LogP) is 4.80. The van der Waals surface area contributed by atoms with Crippen LogP contribution in [0.2, 0.25) is 0 Å². The van der Waals surface area contributed by atoms with E-state index in [1.165, 1.54) is 18.4 Å². The zero-order valence-electron chi connectivity index (χ0n) is 15.8. The number of fused-ring (bicyclic) bond motifs is 1. The minimum atomic E-state index is 0.419. The first-order valence-corrected chi connectivity index (χ1v) is 9.71. The van der Waals surface area contributed by atoms with E-state index in [-0.39, 0.29) is 0 Å². The van der Waals surface area contributed by atoms with Crippen LogP contribution in [-0.4, -0.2) is 26.6 Å². The van der Waals surface area contributed by atoms with Crippen LogP contribution in [0.1, 0.15) is 43.0 Å². The lowest BCUT2D eigenvalue weighted by Crippen LogP contribution is -2.06. The van der Waals surface area contributed by atoms with Gasteiger partial charge in [-0.2, -0.15) is 0 Å². The molecule has 1 fully saturated rings. The average molecular weight is 374 g/mol. The Bertz CT molecular complexity index is 1080. The molecule has 0 saturated heterocycles. The van der Waals surface area contributed by atoms with Gasteiger partial charge < -0.3 is 13.7 Å².